The maximum Gasteiger partial charge on any atom is 0.153 e. The summed E-state index contributed by atoms with van der Waals surface area (Å²) in [6, 6.07) is 8.84. The lowest BCUT2D eigenvalue weighted by molar-refractivity contribution is 0.0995. The fraction of sp³-hybridized carbons (Fsp3) is 0.611. The van der Waals surface area contributed by atoms with Gasteiger partial charge >= 0.3 is 0 Å². The first-order valence-electron chi connectivity index (χ1n) is 8.15. The van der Waals surface area contributed by atoms with Crippen molar-refractivity contribution in [2.24, 2.45) is 0 Å². The van der Waals surface area contributed by atoms with E-state index in [1.807, 2.05) is 18.2 Å². The molecule has 3 nitrogen and oxygen atoms in total. The lowest BCUT2D eigenvalue weighted by atomic mass is 9.97. The minimum absolute atomic E-state index is 0.635. The summed E-state index contributed by atoms with van der Waals surface area (Å²) in [5.41, 5.74) is 0.635. The van der Waals surface area contributed by atoms with E-state index in [0.717, 1.165) is 25.7 Å². The Morgan fingerprint density at radius 3 is 2.62 bits per heavy atom. The quantitative estimate of drug-likeness (QED) is 0.563. The van der Waals surface area contributed by atoms with Gasteiger partial charge in [-0.1, -0.05) is 18.6 Å². The second-order valence-electron chi connectivity index (χ2n) is 6.08. The lowest BCUT2D eigenvalue weighted by Crippen LogP contribution is -2.44. The van der Waals surface area contributed by atoms with Gasteiger partial charge in [0.25, 0.3) is 0 Å². The minimum atomic E-state index is 0.635. The maximum absolute atomic E-state index is 10.9. The number of ether oxygens (including phenoxy) is 1. The highest BCUT2D eigenvalue weighted by Crippen LogP contribution is 2.22. The Balaban J connectivity index is 1.69. The summed E-state index contributed by atoms with van der Waals surface area (Å²) >= 11 is 0. The monoisotopic (exact) mass is 289 g/mol. The summed E-state index contributed by atoms with van der Waals surface area (Å²) in [6.45, 7) is 6.52. The van der Waals surface area contributed by atoms with Crippen LogP contribution in [0.25, 0.3) is 0 Å². The highest BCUT2D eigenvalue weighted by molar-refractivity contribution is 5.79. The highest BCUT2D eigenvalue weighted by Gasteiger charge is 2.23. The Labute approximate surface area is 128 Å². The SMILES string of the molecule is C[C@@H]1CCC[C@@H](C)N1CCCCOc1ccccc1C=O. The summed E-state index contributed by atoms with van der Waals surface area (Å²) in [5.74, 6) is 0.701. The van der Waals surface area contributed by atoms with Gasteiger partial charge in [0.15, 0.2) is 6.29 Å². The maximum atomic E-state index is 10.9. The fourth-order valence-corrected chi connectivity index (χ4v) is 3.20. The first kappa shape index (κ1) is 16.0. The standard InChI is InChI=1S/C18H27NO2/c1-15-8-7-9-16(2)19(15)12-5-6-13-21-18-11-4-3-10-17(18)14-20/h3-4,10-11,14-16H,5-9,12-13H2,1-2H3/t15-,16-/m1/s1. The van der Waals surface area contributed by atoms with Gasteiger partial charge in [0.2, 0.25) is 0 Å². The zero-order chi connectivity index (χ0) is 15.1. The molecule has 2 rings (SSSR count). The smallest absolute Gasteiger partial charge is 0.153 e. The van der Waals surface area contributed by atoms with Crippen LogP contribution in [0.1, 0.15) is 56.3 Å². The molecule has 1 fully saturated rings. The molecule has 2 atom stereocenters. The van der Waals surface area contributed by atoms with E-state index >= 15 is 0 Å². The van der Waals surface area contributed by atoms with Crippen LogP contribution in [0.5, 0.6) is 5.75 Å². The molecule has 0 saturated carbocycles. The van der Waals surface area contributed by atoms with Crippen molar-refractivity contribution in [3.8, 4) is 5.75 Å². The van der Waals surface area contributed by atoms with E-state index in [1.165, 1.54) is 19.3 Å². The number of rotatable bonds is 7. The van der Waals surface area contributed by atoms with Crippen LogP contribution in [-0.4, -0.2) is 36.4 Å². The molecule has 116 valence electrons. The molecule has 1 aliphatic rings. The number of nitrogens with zero attached hydrogens (tertiary/aromatic N) is 1. The molecule has 0 unspecified atom stereocenters. The van der Waals surface area contributed by atoms with E-state index in [4.69, 9.17) is 4.74 Å². The van der Waals surface area contributed by atoms with Crippen molar-refractivity contribution in [2.75, 3.05) is 13.2 Å². The van der Waals surface area contributed by atoms with E-state index < -0.39 is 0 Å². The molecule has 1 saturated heterocycles. The van der Waals surface area contributed by atoms with Crippen LogP contribution in [0, 0.1) is 0 Å². The molecule has 1 heterocycles. The van der Waals surface area contributed by atoms with Gasteiger partial charge in [-0.15, -0.1) is 0 Å². The van der Waals surface area contributed by atoms with Crippen LogP contribution in [0.2, 0.25) is 0 Å². The van der Waals surface area contributed by atoms with Gasteiger partial charge in [-0.05, 0) is 58.2 Å². The van der Waals surface area contributed by atoms with Gasteiger partial charge in [0.1, 0.15) is 5.75 Å². The van der Waals surface area contributed by atoms with E-state index in [0.29, 0.717) is 30.0 Å². The van der Waals surface area contributed by atoms with Crippen LogP contribution in [0.4, 0.5) is 0 Å². The van der Waals surface area contributed by atoms with Gasteiger partial charge in [-0.25, -0.2) is 0 Å². The van der Waals surface area contributed by atoms with E-state index in [2.05, 4.69) is 18.7 Å². The van der Waals surface area contributed by atoms with Crippen molar-refractivity contribution >= 4 is 6.29 Å². The third-order valence-electron chi connectivity index (χ3n) is 4.49. The molecule has 21 heavy (non-hydrogen) atoms. The molecule has 0 spiro atoms. The summed E-state index contributed by atoms with van der Waals surface area (Å²) < 4.78 is 5.72. The molecule has 1 aliphatic heterocycles. The Morgan fingerprint density at radius 2 is 1.90 bits per heavy atom. The average Bonchev–Trinajstić information content (AvgIpc) is 2.50. The molecule has 0 aromatic heterocycles. The summed E-state index contributed by atoms with van der Waals surface area (Å²) in [7, 11) is 0. The predicted molar refractivity (Wildman–Crippen MR) is 86.0 cm³/mol. The molecule has 3 heteroatoms. The molecule has 0 aliphatic carbocycles. The van der Waals surface area contributed by atoms with Crippen LogP contribution >= 0.6 is 0 Å². The van der Waals surface area contributed by atoms with Gasteiger partial charge < -0.3 is 4.74 Å². The van der Waals surface area contributed by atoms with Crippen molar-refractivity contribution in [1.82, 2.24) is 4.90 Å². The molecule has 0 bridgehead atoms. The molecule has 1 aromatic carbocycles. The van der Waals surface area contributed by atoms with E-state index in [-0.39, 0.29) is 0 Å². The second-order valence-corrected chi connectivity index (χ2v) is 6.08. The number of carbonyl (C=O) groups excluding carboxylic acids is 1. The van der Waals surface area contributed by atoms with Crippen LogP contribution < -0.4 is 4.74 Å². The first-order chi connectivity index (χ1) is 10.2. The summed E-state index contributed by atoms with van der Waals surface area (Å²) in [5, 5.41) is 0. The summed E-state index contributed by atoms with van der Waals surface area (Å²) in [4.78, 5) is 13.5. The Hall–Kier alpha value is -1.35. The van der Waals surface area contributed by atoms with E-state index in [9.17, 15) is 4.79 Å². The Bertz CT molecular complexity index is 437. The number of benzene rings is 1. The second kappa shape index (κ2) is 8.18. The average molecular weight is 289 g/mol. The predicted octanol–water partition coefficient (Wildman–Crippen LogP) is 3.92. The molecule has 0 radical (unpaired) electrons. The third kappa shape index (κ3) is 4.57. The van der Waals surface area contributed by atoms with Crippen LogP contribution in [-0.2, 0) is 0 Å². The number of piperidine rings is 1. The largest absolute Gasteiger partial charge is 0.493 e. The minimum Gasteiger partial charge on any atom is -0.493 e. The molecule has 1 aromatic rings. The number of aldehydes is 1. The fourth-order valence-electron chi connectivity index (χ4n) is 3.20. The van der Waals surface area contributed by atoms with Crippen LogP contribution in [0.3, 0.4) is 0 Å². The highest BCUT2D eigenvalue weighted by atomic mass is 16.5. The third-order valence-corrected chi connectivity index (χ3v) is 4.49. The molecular formula is C18H27NO2. The van der Waals surface area contributed by atoms with Gasteiger partial charge in [-0.3, -0.25) is 9.69 Å². The Kier molecular flexibility index (Phi) is 6.24. The number of unbranched alkanes of at least 4 members (excludes halogenated alkanes) is 1. The van der Waals surface area contributed by atoms with Crippen LogP contribution in [0.15, 0.2) is 24.3 Å². The number of hydrogen-bond donors (Lipinski definition) is 0. The van der Waals surface area contributed by atoms with Crippen molar-refractivity contribution < 1.29 is 9.53 Å². The molecule has 0 amide bonds. The van der Waals surface area contributed by atoms with Gasteiger partial charge in [-0.2, -0.15) is 0 Å². The zero-order valence-electron chi connectivity index (χ0n) is 13.3. The summed E-state index contributed by atoms with van der Waals surface area (Å²) in [6.07, 6.45) is 7.05. The van der Waals surface area contributed by atoms with Gasteiger partial charge in [0.05, 0.1) is 12.2 Å². The van der Waals surface area contributed by atoms with Crippen molar-refractivity contribution in [1.29, 1.82) is 0 Å². The topological polar surface area (TPSA) is 29.5 Å². The number of hydrogen-bond acceptors (Lipinski definition) is 3. The number of likely N-dealkylation sites (tertiary alicyclic amines) is 1. The van der Waals surface area contributed by atoms with Crippen molar-refractivity contribution in [2.45, 2.75) is 58.0 Å². The van der Waals surface area contributed by atoms with Crippen molar-refractivity contribution in [3.05, 3.63) is 29.8 Å². The molecule has 0 N–H and O–H groups in total. The number of para-hydroxylation sites is 1. The van der Waals surface area contributed by atoms with Gasteiger partial charge in [0, 0.05) is 12.1 Å². The van der Waals surface area contributed by atoms with E-state index in [1.54, 1.807) is 6.07 Å². The Morgan fingerprint density at radius 1 is 1.19 bits per heavy atom. The number of carbonyl (C=O) groups is 1. The normalized spacial score (nSPS) is 23.0. The lowest BCUT2D eigenvalue weighted by Gasteiger charge is -2.39. The van der Waals surface area contributed by atoms with Crippen molar-refractivity contribution in [3.63, 3.8) is 0 Å². The molecular weight excluding hydrogens is 262 g/mol. The first-order valence-corrected chi connectivity index (χ1v) is 8.15. The zero-order valence-corrected chi connectivity index (χ0v) is 13.3.